The van der Waals surface area contributed by atoms with Gasteiger partial charge in [-0.15, -0.1) is 0 Å². The quantitative estimate of drug-likeness (QED) is 0.531. The average molecular weight is 461 g/mol. The van der Waals surface area contributed by atoms with Crippen LogP contribution < -0.4 is 9.47 Å². The highest BCUT2D eigenvalue weighted by Crippen LogP contribution is 2.53. The SMILES string of the molecule is COC(=O)C[C@@H]1COc2cc(O[C@@H]3CCc4c(C5=CCCC56CCOCC6)cccc43)ccc21. The molecule has 0 aromatic heterocycles. The standard InChI is InChI=1S/C29H32O5/c1-31-28(30)16-19-18-33-27-17-20(7-8-21(19)27)34-26-10-9-22-23(4-2-5-24(22)26)25-6-3-11-29(25)12-14-32-15-13-29/h2,4-8,17,19,26H,3,9-16,18H2,1H3/t19-,26-/m1/s1. The van der Waals surface area contributed by atoms with E-state index in [9.17, 15) is 4.79 Å². The van der Waals surface area contributed by atoms with Crippen LogP contribution in [-0.2, 0) is 20.7 Å². The van der Waals surface area contributed by atoms with Crippen LogP contribution in [-0.4, -0.2) is 32.9 Å². The van der Waals surface area contributed by atoms with E-state index in [4.69, 9.17) is 18.9 Å². The van der Waals surface area contributed by atoms with E-state index in [-0.39, 0.29) is 18.0 Å². The highest BCUT2D eigenvalue weighted by Gasteiger charge is 2.41. The molecule has 5 heteroatoms. The molecule has 2 heterocycles. The molecule has 0 radical (unpaired) electrons. The van der Waals surface area contributed by atoms with Gasteiger partial charge in [0.2, 0.25) is 0 Å². The van der Waals surface area contributed by atoms with Crippen LogP contribution in [0.15, 0.2) is 42.5 Å². The molecule has 2 aromatic carbocycles. The molecule has 1 fully saturated rings. The van der Waals surface area contributed by atoms with Crippen molar-refractivity contribution < 1.29 is 23.7 Å². The Morgan fingerprint density at radius 1 is 1.12 bits per heavy atom. The first-order chi connectivity index (χ1) is 16.7. The molecule has 0 unspecified atom stereocenters. The highest BCUT2D eigenvalue weighted by molar-refractivity contribution is 5.76. The van der Waals surface area contributed by atoms with Gasteiger partial charge >= 0.3 is 5.97 Å². The Hall–Kier alpha value is -2.79. The lowest BCUT2D eigenvalue weighted by molar-refractivity contribution is -0.141. The van der Waals surface area contributed by atoms with Gasteiger partial charge in [-0.3, -0.25) is 4.79 Å². The molecule has 34 heavy (non-hydrogen) atoms. The van der Waals surface area contributed by atoms with Crippen molar-refractivity contribution in [3.63, 3.8) is 0 Å². The van der Waals surface area contributed by atoms with Crippen LogP contribution in [0.25, 0.3) is 5.57 Å². The van der Waals surface area contributed by atoms with Crippen LogP contribution in [0.5, 0.6) is 11.5 Å². The number of allylic oxidation sites excluding steroid dienone is 2. The normalized spacial score (nSPS) is 24.3. The molecule has 0 saturated carbocycles. The van der Waals surface area contributed by atoms with Gasteiger partial charge in [-0.05, 0) is 66.9 Å². The van der Waals surface area contributed by atoms with E-state index < -0.39 is 0 Å². The zero-order chi connectivity index (χ0) is 23.1. The number of rotatable bonds is 5. The van der Waals surface area contributed by atoms with Crippen molar-refractivity contribution in [1.29, 1.82) is 0 Å². The van der Waals surface area contributed by atoms with E-state index in [0.717, 1.165) is 56.0 Å². The summed E-state index contributed by atoms with van der Waals surface area (Å²) in [6, 6.07) is 12.8. The number of esters is 1. The van der Waals surface area contributed by atoms with Crippen molar-refractivity contribution in [3.05, 3.63) is 64.7 Å². The molecule has 6 rings (SSSR count). The molecule has 1 spiro atoms. The number of hydrogen-bond acceptors (Lipinski definition) is 5. The molecule has 0 N–H and O–H groups in total. The lowest BCUT2D eigenvalue weighted by Crippen LogP contribution is -2.29. The number of fused-ring (bicyclic) bond motifs is 2. The number of benzene rings is 2. The predicted molar refractivity (Wildman–Crippen MR) is 129 cm³/mol. The first-order valence-corrected chi connectivity index (χ1v) is 12.6. The molecule has 0 bridgehead atoms. The summed E-state index contributed by atoms with van der Waals surface area (Å²) >= 11 is 0. The predicted octanol–water partition coefficient (Wildman–Crippen LogP) is 5.77. The lowest BCUT2D eigenvalue weighted by Gasteiger charge is -2.37. The number of carbonyl (C=O) groups is 1. The van der Waals surface area contributed by atoms with E-state index in [1.807, 2.05) is 18.2 Å². The molecule has 2 aromatic rings. The van der Waals surface area contributed by atoms with Gasteiger partial charge in [0, 0.05) is 36.2 Å². The van der Waals surface area contributed by atoms with Gasteiger partial charge in [-0.1, -0.05) is 30.3 Å². The zero-order valence-corrected chi connectivity index (χ0v) is 19.8. The Bertz CT molecular complexity index is 1130. The zero-order valence-electron chi connectivity index (χ0n) is 19.8. The second-order valence-electron chi connectivity index (χ2n) is 10.1. The third-order valence-electron chi connectivity index (χ3n) is 8.28. The van der Waals surface area contributed by atoms with E-state index in [1.165, 1.54) is 36.6 Å². The van der Waals surface area contributed by atoms with Crippen LogP contribution >= 0.6 is 0 Å². The largest absolute Gasteiger partial charge is 0.492 e. The fourth-order valence-electron chi connectivity index (χ4n) is 6.46. The second kappa shape index (κ2) is 8.77. The molecule has 2 atom stereocenters. The summed E-state index contributed by atoms with van der Waals surface area (Å²) < 4.78 is 22.9. The van der Waals surface area contributed by atoms with E-state index in [0.29, 0.717) is 18.4 Å². The number of hydrogen-bond donors (Lipinski definition) is 0. The van der Waals surface area contributed by atoms with Crippen LogP contribution in [0.2, 0.25) is 0 Å². The van der Waals surface area contributed by atoms with Gasteiger partial charge < -0.3 is 18.9 Å². The summed E-state index contributed by atoms with van der Waals surface area (Å²) in [4.78, 5) is 11.7. The van der Waals surface area contributed by atoms with Gasteiger partial charge in [0.05, 0.1) is 20.1 Å². The Kier molecular flexibility index (Phi) is 5.60. The minimum Gasteiger partial charge on any atom is -0.492 e. The van der Waals surface area contributed by atoms with Crippen LogP contribution in [0.3, 0.4) is 0 Å². The van der Waals surface area contributed by atoms with Crippen molar-refractivity contribution in [2.24, 2.45) is 5.41 Å². The third kappa shape index (κ3) is 3.70. The monoisotopic (exact) mass is 460 g/mol. The van der Waals surface area contributed by atoms with E-state index >= 15 is 0 Å². The van der Waals surface area contributed by atoms with Gasteiger partial charge in [0.15, 0.2) is 0 Å². The number of carbonyl (C=O) groups excluding carboxylic acids is 1. The molecule has 2 aliphatic carbocycles. The number of methoxy groups -OCH3 is 1. The fraction of sp³-hybridized carbons (Fsp3) is 0.483. The molecule has 4 aliphatic rings. The molecular weight excluding hydrogens is 428 g/mol. The smallest absolute Gasteiger partial charge is 0.306 e. The van der Waals surface area contributed by atoms with Gasteiger partial charge in [-0.2, -0.15) is 0 Å². The van der Waals surface area contributed by atoms with Crippen LogP contribution in [0.4, 0.5) is 0 Å². The second-order valence-corrected chi connectivity index (χ2v) is 10.1. The molecular formula is C29H32O5. The molecule has 0 amide bonds. The maximum absolute atomic E-state index is 11.7. The average Bonchev–Trinajstić information content (AvgIpc) is 3.57. The molecule has 5 nitrogen and oxygen atoms in total. The lowest BCUT2D eigenvalue weighted by atomic mass is 9.71. The van der Waals surface area contributed by atoms with Crippen molar-refractivity contribution in [1.82, 2.24) is 0 Å². The fourth-order valence-corrected chi connectivity index (χ4v) is 6.46. The van der Waals surface area contributed by atoms with Crippen molar-refractivity contribution in [2.75, 3.05) is 26.9 Å². The van der Waals surface area contributed by atoms with Gasteiger partial charge in [0.1, 0.15) is 17.6 Å². The summed E-state index contributed by atoms with van der Waals surface area (Å²) in [7, 11) is 1.42. The van der Waals surface area contributed by atoms with Crippen molar-refractivity contribution >= 4 is 11.5 Å². The first kappa shape index (κ1) is 21.7. The van der Waals surface area contributed by atoms with Crippen molar-refractivity contribution in [2.45, 2.75) is 57.0 Å². The Morgan fingerprint density at radius 2 is 2.00 bits per heavy atom. The van der Waals surface area contributed by atoms with Gasteiger partial charge in [-0.25, -0.2) is 0 Å². The maximum Gasteiger partial charge on any atom is 0.306 e. The summed E-state index contributed by atoms with van der Waals surface area (Å²) in [6.45, 7) is 2.25. The third-order valence-corrected chi connectivity index (χ3v) is 8.28. The topological polar surface area (TPSA) is 54.0 Å². The Labute approximate surface area is 201 Å². The maximum atomic E-state index is 11.7. The van der Waals surface area contributed by atoms with Crippen molar-refractivity contribution in [3.8, 4) is 11.5 Å². The minimum absolute atomic E-state index is 0.0449. The molecule has 178 valence electrons. The van der Waals surface area contributed by atoms with Crippen LogP contribution in [0, 0.1) is 5.41 Å². The number of ether oxygens (including phenoxy) is 4. The first-order valence-electron chi connectivity index (χ1n) is 12.6. The highest BCUT2D eigenvalue weighted by atomic mass is 16.5. The Balaban J connectivity index is 1.22. The molecule has 1 saturated heterocycles. The van der Waals surface area contributed by atoms with Gasteiger partial charge in [0.25, 0.3) is 0 Å². The summed E-state index contributed by atoms with van der Waals surface area (Å²) in [6.07, 6.45) is 9.59. The summed E-state index contributed by atoms with van der Waals surface area (Å²) in [5, 5.41) is 0. The Morgan fingerprint density at radius 3 is 2.85 bits per heavy atom. The molecule has 2 aliphatic heterocycles. The summed E-state index contributed by atoms with van der Waals surface area (Å²) in [5.74, 6) is 1.47. The summed E-state index contributed by atoms with van der Waals surface area (Å²) in [5.41, 5.74) is 7.12. The van der Waals surface area contributed by atoms with E-state index in [2.05, 4.69) is 24.3 Å². The van der Waals surface area contributed by atoms with E-state index in [1.54, 1.807) is 5.57 Å². The minimum atomic E-state index is -0.208. The van der Waals surface area contributed by atoms with Crippen LogP contribution in [0.1, 0.15) is 72.8 Å².